The third-order valence-electron chi connectivity index (χ3n) is 7.16. The number of hydrogen-bond acceptors (Lipinski definition) is 3. The smallest absolute Gasteiger partial charge is 0.338 e. The number of piperidine rings is 1. The zero-order valence-corrected chi connectivity index (χ0v) is 20.1. The molecule has 1 aromatic carbocycles. The van der Waals surface area contributed by atoms with Crippen LogP contribution in [0, 0.1) is 0 Å². The molecule has 1 saturated carbocycles. The van der Waals surface area contributed by atoms with Crippen LogP contribution in [0.15, 0.2) is 53.6 Å². The second kappa shape index (κ2) is 9.65. The van der Waals surface area contributed by atoms with Crippen LogP contribution in [0.25, 0.3) is 10.9 Å². The van der Waals surface area contributed by atoms with Gasteiger partial charge >= 0.3 is 12.2 Å². The summed E-state index contributed by atoms with van der Waals surface area (Å²) in [5.74, 6) is -0.00106. The van der Waals surface area contributed by atoms with Crippen molar-refractivity contribution in [1.29, 1.82) is 0 Å². The van der Waals surface area contributed by atoms with Crippen LogP contribution in [0.4, 0.5) is 18.0 Å². The molecule has 2 amide bonds. The largest absolute Gasteiger partial charge is 0.406 e. The fraction of sp³-hybridized carbons (Fsp3) is 0.462. The number of nitrogens with one attached hydrogen (secondary N) is 2. The number of hydrogen-bond donors (Lipinski definition) is 2. The summed E-state index contributed by atoms with van der Waals surface area (Å²) in [6.45, 7) is 0.528. The van der Waals surface area contributed by atoms with Crippen molar-refractivity contribution < 1.29 is 18.0 Å². The Bertz CT molecular complexity index is 1310. The topological polar surface area (TPSA) is 71.3 Å². The first-order valence-corrected chi connectivity index (χ1v) is 12.3. The highest BCUT2D eigenvalue weighted by atomic mass is 19.4. The molecule has 3 heterocycles. The first-order chi connectivity index (χ1) is 17.2. The van der Waals surface area contributed by atoms with Crippen LogP contribution in [0.1, 0.15) is 36.3 Å². The minimum atomic E-state index is -4.34. The Kier molecular flexibility index (Phi) is 6.55. The first-order valence-electron chi connectivity index (χ1n) is 12.3. The van der Waals surface area contributed by atoms with Gasteiger partial charge in [-0.05, 0) is 49.1 Å². The maximum atomic E-state index is 13.5. The van der Waals surface area contributed by atoms with Crippen molar-refractivity contribution in [2.75, 3.05) is 13.1 Å². The van der Waals surface area contributed by atoms with Gasteiger partial charge < -0.3 is 24.7 Å². The molecule has 1 saturated heterocycles. The molecule has 2 aromatic heterocycles. The number of carbonyl (C=O) groups excluding carboxylic acids is 1. The van der Waals surface area contributed by atoms with Crippen LogP contribution in [0.5, 0.6) is 0 Å². The van der Waals surface area contributed by atoms with E-state index in [1.165, 1.54) is 15.3 Å². The van der Waals surface area contributed by atoms with E-state index >= 15 is 0 Å². The number of fused-ring (bicyclic) bond motifs is 1. The van der Waals surface area contributed by atoms with Crippen LogP contribution in [-0.2, 0) is 20.1 Å². The number of amides is 2. The van der Waals surface area contributed by atoms with Crippen molar-refractivity contribution in [3.05, 3.63) is 70.3 Å². The maximum absolute atomic E-state index is 13.5. The number of alkyl halides is 3. The zero-order chi connectivity index (χ0) is 25.4. The third-order valence-corrected chi connectivity index (χ3v) is 7.16. The average molecular weight is 502 g/mol. The number of pyridine rings is 1. The summed E-state index contributed by atoms with van der Waals surface area (Å²) in [4.78, 5) is 27.4. The number of urea groups is 1. The Balaban J connectivity index is 1.37. The van der Waals surface area contributed by atoms with Crippen molar-refractivity contribution in [1.82, 2.24) is 24.7 Å². The molecule has 5 rings (SSSR count). The van der Waals surface area contributed by atoms with Crippen molar-refractivity contribution in [3.8, 4) is 0 Å². The van der Waals surface area contributed by atoms with Gasteiger partial charge in [0, 0.05) is 67.5 Å². The van der Waals surface area contributed by atoms with Gasteiger partial charge in [0.1, 0.15) is 6.54 Å². The van der Waals surface area contributed by atoms with Gasteiger partial charge in [-0.25, -0.2) is 4.79 Å². The zero-order valence-electron chi connectivity index (χ0n) is 20.1. The maximum Gasteiger partial charge on any atom is 0.406 e. The monoisotopic (exact) mass is 501 g/mol. The Labute approximate surface area is 206 Å². The lowest BCUT2D eigenvalue weighted by molar-refractivity contribution is -0.139. The van der Waals surface area contributed by atoms with Crippen LogP contribution in [-0.4, -0.2) is 51.4 Å². The van der Waals surface area contributed by atoms with Crippen LogP contribution < -0.4 is 16.2 Å². The molecule has 36 heavy (non-hydrogen) atoms. The van der Waals surface area contributed by atoms with Gasteiger partial charge in [-0.15, -0.1) is 0 Å². The van der Waals surface area contributed by atoms with E-state index in [4.69, 9.17) is 0 Å². The molecule has 7 nitrogen and oxygen atoms in total. The lowest BCUT2D eigenvalue weighted by Crippen LogP contribution is -2.53. The molecule has 0 unspecified atom stereocenters. The molecular weight excluding hydrogens is 471 g/mol. The lowest BCUT2D eigenvalue weighted by atomic mass is 9.86. The van der Waals surface area contributed by atoms with E-state index in [1.54, 1.807) is 48.5 Å². The number of para-hydroxylation sites is 1. The highest BCUT2D eigenvalue weighted by Gasteiger charge is 2.36. The number of nitrogens with zero attached hydrogens (tertiary/aromatic N) is 3. The summed E-state index contributed by atoms with van der Waals surface area (Å²) in [5.41, 5.74) is 2.01. The van der Waals surface area contributed by atoms with Gasteiger partial charge in [-0.2, -0.15) is 13.2 Å². The van der Waals surface area contributed by atoms with Crippen molar-refractivity contribution in [3.63, 3.8) is 0 Å². The normalized spacial score (nSPS) is 20.4. The van der Waals surface area contributed by atoms with Crippen LogP contribution in [0.3, 0.4) is 0 Å². The molecule has 3 aromatic rings. The quantitative estimate of drug-likeness (QED) is 0.541. The minimum absolute atomic E-state index is 0.00106. The van der Waals surface area contributed by atoms with Crippen molar-refractivity contribution >= 4 is 16.9 Å². The average Bonchev–Trinajstić information content (AvgIpc) is 3.62. The van der Waals surface area contributed by atoms with Crippen molar-refractivity contribution in [2.24, 2.45) is 7.05 Å². The molecule has 2 aliphatic rings. The van der Waals surface area contributed by atoms with Gasteiger partial charge in [0.2, 0.25) is 0 Å². The number of rotatable bonds is 6. The number of aryl methyl sites for hydroxylation is 1. The van der Waals surface area contributed by atoms with Crippen LogP contribution in [0.2, 0.25) is 0 Å². The number of benzene rings is 1. The SMILES string of the molecule is Cn1ccc([C@@H]2CCNC[C@H]2NC(=O)N(Cc2cn(CC(F)(F)F)c3ccccc23)C2CC2)cc1=O. The third kappa shape index (κ3) is 5.28. The second-order valence-corrected chi connectivity index (χ2v) is 9.84. The highest BCUT2D eigenvalue weighted by Crippen LogP contribution is 2.32. The molecule has 192 valence electrons. The Morgan fingerprint density at radius 2 is 1.97 bits per heavy atom. The van der Waals surface area contributed by atoms with Gasteiger partial charge in [0.05, 0.1) is 0 Å². The fourth-order valence-corrected chi connectivity index (χ4v) is 5.15. The van der Waals surface area contributed by atoms with Gasteiger partial charge in [-0.3, -0.25) is 4.79 Å². The molecule has 1 aliphatic carbocycles. The molecular formula is C26H30F3N5O2. The lowest BCUT2D eigenvalue weighted by Gasteiger charge is -2.35. The fourth-order valence-electron chi connectivity index (χ4n) is 5.15. The van der Waals surface area contributed by atoms with E-state index in [-0.39, 0.29) is 36.1 Å². The van der Waals surface area contributed by atoms with Crippen molar-refractivity contribution in [2.45, 2.75) is 56.5 Å². The molecule has 2 N–H and O–H groups in total. The molecule has 0 radical (unpaired) electrons. The van der Waals surface area contributed by atoms with E-state index < -0.39 is 12.7 Å². The van der Waals surface area contributed by atoms with Gasteiger partial charge in [0.25, 0.3) is 5.56 Å². The molecule has 0 spiro atoms. The van der Waals surface area contributed by atoms with Gasteiger partial charge in [0.15, 0.2) is 0 Å². The highest BCUT2D eigenvalue weighted by molar-refractivity contribution is 5.85. The summed E-state index contributed by atoms with van der Waals surface area (Å²) in [7, 11) is 1.70. The number of aromatic nitrogens is 2. The predicted octanol–water partition coefficient (Wildman–Crippen LogP) is 3.72. The standard InChI is InChI=1S/C26H30F3N5O2/c1-32-11-9-17(12-24(32)35)20-8-10-30-13-22(20)31-25(36)34(19-6-7-19)15-18-14-33(16-26(27,28)29)23-5-3-2-4-21(18)23/h2-5,9,11-12,14,19-20,22,30H,6-8,10,13,15-16H2,1H3,(H,31,36)/t20-,22+/m0/s1. The molecule has 0 bridgehead atoms. The van der Waals surface area contributed by atoms with E-state index in [0.29, 0.717) is 17.6 Å². The van der Waals surface area contributed by atoms with E-state index in [2.05, 4.69) is 10.6 Å². The molecule has 1 aliphatic heterocycles. The first kappa shape index (κ1) is 24.4. The Hall–Kier alpha value is -3.27. The Morgan fingerprint density at radius 1 is 1.19 bits per heavy atom. The van der Waals surface area contributed by atoms with E-state index in [0.717, 1.165) is 36.8 Å². The summed E-state index contributed by atoms with van der Waals surface area (Å²) < 4.78 is 42.2. The van der Waals surface area contributed by atoms with E-state index in [9.17, 15) is 22.8 Å². The summed E-state index contributed by atoms with van der Waals surface area (Å²) >= 11 is 0. The molecule has 2 atom stereocenters. The van der Waals surface area contributed by atoms with E-state index in [1.807, 2.05) is 6.07 Å². The minimum Gasteiger partial charge on any atom is -0.338 e. The predicted molar refractivity (Wildman–Crippen MR) is 131 cm³/mol. The summed E-state index contributed by atoms with van der Waals surface area (Å²) in [6, 6.07) is 10.2. The van der Waals surface area contributed by atoms with Gasteiger partial charge in [-0.1, -0.05) is 18.2 Å². The van der Waals surface area contributed by atoms with Crippen LogP contribution >= 0.6 is 0 Å². The number of carbonyl (C=O) groups is 1. The molecule has 10 heteroatoms. The summed E-state index contributed by atoms with van der Waals surface area (Å²) in [5, 5.41) is 7.21. The number of halogens is 3. The summed E-state index contributed by atoms with van der Waals surface area (Å²) in [6.07, 6.45) is 1.45. The second-order valence-electron chi connectivity index (χ2n) is 9.84. The Morgan fingerprint density at radius 3 is 2.69 bits per heavy atom. The molecule has 2 fully saturated rings.